The molecule has 3 rings (SSSR count). The molecule has 1 atom stereocenters. The highest BCUT2D eigenvalue weighted by Gasteiger charge is 2.30. The zero-order chi connectivity index (χ0) is 23.1. The third-order valence-corrected chi connectivity index (χ3v) is 5.47. The highest BCUT2D eigenvalue weighted by atomic mass is 16.6. The minimum atomic E-state index is -1.30. The van der Waals surface area contributed by atoms with E-state index in [1.807, 2.05) is 48.5 Å². The third kappa shape index (κ3) is 5.87. The van der Waals surface area contributed by atoms with Crippen LogP contribution in [0.15, 0.2) is 48.5 Å². The fourth-order valence-corrected chi connectivity index (χ4v) is 3.92. The first kappa shape index (κ1) is 23.3. The molecule has 0 unspecified atom stereocenters. The van der Waals surface area contributed by atoms with E-state index >= 15 is 0 Å². The molecular weight excluding hydrogens is 410 g/mol. The van der Waals surface area contributed by atoms with Gasteiger partial charge in [-0.25, -0.2) is 9.59 Å². The molecular formula is C25H29NO6. The first-order valence-corrected chi connectivity index (χ1v) is 10.9. The zero-order valence-corrected chi connectivity index (χ0v) is 18.4. The van der Waals surface area contributed by atoms with Crippen molar-refractivity contribution in [2.45, 2.75) is 45.1 Å². The summed E-state index contributed by atoms with van der Waals surface area (Å²) < 4.78 is 10.6. The molecule has 0 saturated heterocycles. The monoisotopic (exact) mass is 439 g/mol. The highest BCUT2D eigenvalue weighted by Crippen LogP contribution is 2.44. The van der Waals surface area contributed by atoms with Crippen molar-refractivity contribution >= 4 is 18.0 Å². The number of fused-ring (bicyclic) bond motifs is 3. The predicted molar refractivity (Wildman–Crippen MR) is 119 cm³/mol. The Bertz CT molecular complexity index is 925. The van der Waals surface area contributed by atoms with E-state index in [0.717, 1.165) is 28.7 Å². The second kappa shape index (κ2) is 10.8. The van der Waals surface area contributed by atoms with Crippen molar-refractivity contribution in [3.63, 3.8) is 0 Å². The van der Waals surface area contributed by atoms with Gasteiger partial charge in [0.1, 0.15) is 12.6 Å². The van der Waals surface area contributed by atoms with Crippen LogP contribution < -0.4 is 5.32 Å². The zero-order valence-electron chi connectivity index (χ0n) is 18.4. The number of carbonyl (C=O) groups is 3. The second-order valence-corrected chi connectivity index (χ2v) is 8.32. The number of ether oxygens (including phenoxy) is 2. The molecule has 1 aliphatic rings. The lowest BCUT2D eigenvalue weighted by atomic mass is 9.98. The molecule has 0 bridgehead atoms. The van der Waals surface area contributed by atoms with Crippen LogP contribution in [0.2, 0.25) is 0 Å². The van der Waals surface area contributed by atoms with Crippen LogP contribution in [0.4, 0.5) is 4.79 Å². The number of carbonyl (C=O) groups excluding carboxylic acids is 2. The van der Waals surface area contributed by atoms with Gasteiger partial charge >= 0.3 is 18.0 Å². The summed E-state index contributed by atoms with van der Waals surface area (Å²) in [6.07, 6.45) is 0.134. The Morgan fingerprint density at radius 2 is 1.56 bits per heavy atom. The van der Waals surface area contributed by atoms with Crippen LogP contribution in [0.3, 0.4) is 0 Å². The van der Waals surface area contributed by atoms with E-state index in [2.05, 4.69) is 19.2 Å². The Balaban J connectivity index is 1.59. The van der Waals surface area contributed by atoms with Crippen LogP contribution >= 0.6 is 0 Å². The van der Waals surface area contributed by atoms with Gasteiger partial charge in [0, 0.05) is 5.92 Å². The van der Waals surface area contributed by atoms with Crippen molar-refractivity contribution in [1.82, 2.24) is 5.32 Å². The van der Waals surface area contributed by atoms with Gasteiger partial charge in [0.05, 0.1) is 13.0 Å². The topological polar surface area (TPSA) is 102 Å². The summed E-state index contributed by atoms with van der Waals surface area (Å²) in [5.41, 5.74) is 4.33. The Hall–Kier alpha value is -3.35. The van der Waals surface area contributed by atoms with E-state index < -0.39 is 30.5 Å². The molecule has 0 saturated carbocycles. The summed E-state index contributed by atoms with van der Waals surface area (Å²) in [6, 6.07) is 14.6. The van der Waals surface area contributed by atoms with Crippen molar-refractivity contribution in [2.75, 3.05) is 13.2 Å². The normalized spacial score (nSPS) is 13.2. The van der Waals surface area contributed by atoms with E-state index in [1.165, 1.54) is 0 Å². The molecule has 0 fully saturated rings. The average molecular weight is 440 g/mol. The van der Waals surface area contributed by atoms with Crippen molar-refractivity contribution < 1.29 is 29.0 Å². The molecule has 0 aliphatic heterocycles. The molecule has 7 nitrogen and oxygen atoms in total. The Morgan fingerprint density at radius 1 is 0.969 bits per heavy atom. The van der Waals surface area contributed by atoms with Gasteiger partial charge in [-0.2, -0.15) is 0 Å². The average Bonchev–Trinajstić information content (AvgIpc) is 3.08. The lowest BCUT2D eigenvalue weighted by Gasteiger charge is -2.18. The number of carboxylic acid groups (broad SMARTS) is 1. The molecule has 170 valence electrons. The van der Waals surface area contributed by atoms with Gasteiger partial charge in [-0.1, -0.05) is 62.4 Å². The molecule has 0 radical (unpaired) electrons. The van der Waals surface area contributed by atoms with Gasteiger partial charge in [-0.05, 0) is 41.0 Å². The van der Waals surface area contributed by atoms with Gasteiger partial charge in [0.15, 0.2) is 0 Å². The molecule has 2 aromatic rings. The predicted octanol–water partition coefficient (Wildman–Crippen LogP) is 4.35. The first-order valence-electron chi connectivity index (χ1n) is 10.9. The lowest BCUT2D eigenvalue weighted by molar-refractivity contribution is -0.150. The van der Waals surface area contributed by atoms with Crippen LogP contribution in [-0.2, 0) is 19.1 Å². The van der Waals surface area contributed by atoms with Gasteiger partial charge < -0.3 is 19.9 Å². The van der Waals surface area contributed by atoms with Crippen molar-refractivity contribution in [3.8, 4) is 11.1 Å². The van der Waals surface area contributed by atoms with Crippen LogP contribution in [0.1, 0.15) is 50.2 Å². The number of aliphatic carboxylic acids is 1. The van der Waals surface area contributed by atoms with Crippen LogP contribution in [-0.4, -0.2) is 42.4 Å². The summed E-state index contributed by atoms with van der Waals surface area (Å²) in [6.45, 7) is 4.38. The molecule has 2 N–H and O–H groups in total. The van der Waals surface area contributed by atoms with Crippen LogP contribution in [0.5, 0.6) is 0 Å². The maximum Gasteiger partial charge on any atom is 0.407 e. The molecule has 32 heavy (non-hydrogen) atoms. The SMILES string of the molecule is CC(C)CCCOC(=O)[C@H](CC(=O)O)NC(=O)OCC1c2ccccc2-c2ccccc21. The number of alkyl carbamates (subject to hydrolysis) is 1. The van der Waals surface area contributed by atoms with Crippen LogP contribution in [0, 0.1) is 5.92 Å². The number of esters is 1. The number of amides is 1. The number of hydrogen-bond donors (Lipinski definition) is 2. The fraction of sp³-hybridized carbons (Fsp3) is 0.400. The summed E-state index contributed by atoms with van der Waals surface area (Å²) >= 11 is 0. The Labute approximate surface area is 187 Å². The third-order valence-electron chi connectivity index (χ3n) is 5.47. The number of hydrogen-bond acceptors (Lipinski definition) is 5. The molecule has 0 spiro atoms. The smallest absolute Gasteiger partial charge is 0.407 e. The number of nitrogens with one attached hydrogen (secondary N) is 1. The van der Waals surface area contributed by atoms with E-state index in [0.29, 0.717) is 12.3 Å². The fourth-order valence-electron chi connectivity index (χ4n) is 3.92. The van der Waals surface area contributed by atoms with E-state index in [1.54, 1.807) is 0 Å². The molecule has 7 heteroatoms. The van der Waals surface area contributed by atoms with E-state index in [4.69, 9.17) is 14.6 Å². The molecule has 2 aromatic carbocycles. The summed E-state index contributed by atoms with van der Waals surface area (Å²) in [7, 11) is 0. The second-order valence-electron chi connectivity index (χ2n) is 8.32. The maximum atomic E-state index is 12.4. The summed E-state index contributed by atoms with van der Waals surface area (Å²) in [4.78, 5) is 35.9. The Kier molecular flexibility index (Phi) is 7.87. The van der Waals surface area contributed by atoms with Crippen molar-refractivity contribution in [1.29, 1.82) is 0 Å². The number of rotatable bonds is 10. The highest BCUT2D eigenvalue weighted by molar-refractivity contribution is 5.86. The molecule has 1 amide bonds. The maximum absolute atomic E-state index is 12.4. The quantitative estimate of drug-likeness (QED) is 0.422. The van der Waals surface area contributed by atoms with Crippen LogP contribution in [0.25, 0.3) is 11.1 Å². The molecule has 0 aromatic heterocycles. The largest absolute Gasteiger partial charge is 0.481 e. The van der Waals surface area contributed by atoms with Crippen molar-refractivity contribution in [2.24, 2.45) is 5.92 Å². The Morgan fingerprint density at radius 3 is 2.12 bits per heavy atom. The minimum Gasteiger partial charge on any atom is -0.481 e. The van der Waals surface area contributed by atoms with Gasteiger partial charge in [0.25, 0.3) is 0 Å². The molecule has 1 aliphatic carbocycles. The van der Waals surface area contributed by atoms with E-state index in [-0.39, 0.29) is 19.1 Å². The lowest BCUT2D eigenvalue weighted by Crippen LogP contribution is -2.43. The summed E-state index contributed by atoms with van der Waals surface area (Å²) in [5.74, 6) is -1.64. The molecule has 0 heterocycles. The van der Waals surface area contributed by atoms with E-state index in [9.17, 15) is 14.4 Å². The minimum absolute atomic E-state index is 0.0725. The van der Waals surface area contributed by atoms with Crippen molar-refractivity contribution in [3.05, 3.63) is 59.7 Å². The number of benzene rings is 2. The first-order chi connectivity index (χ1) is 15.4. The van der Waals surface area contributed by atoms with Gasteiger partial charge in [0.2, 0.25) is 0 Å². The van der Waals surface area contributed by atoms with Gasteiger partial charge in [-0.15, -0.1) is 0 Å². The number of carboxylic acids is 1. The summed E-state index contributed by atoms with van der Waals surface area (Å²) in [5, 5.41) is 11.5. The standard InChI is InChI=1S/C25H29NO6/c1-16(2)8-7-13-31-24(29)22(14-23(27)28)26-25(30)32-15-21-19-11-5-3-9-17(19)18-10-4-6-12-20(18)21/h3-6,9-12,16,21-22H,7-8,13-15H2,1-2H3,(H,26,30)(H,27,28)/t22-/m0/s1. The van der Waals surface area contributed by atoms with Gasteiger partial charge in [-0.3, -0.25) is 4.79 Å².